The molecular weight excluding hydrogens is 680 g/mol. The summed E-state index contributed by atoms with van der Waals surface area (Å²) in [4.78, 5) is 0. The second kappa shape index (κ2) is 24.3. The summed E-state index contributed by atoms with van der Waals surface area (Å²) in [5.74, 6) is 0. The number of alkyl halides is 8. The van der Waals surface area contributed by atoms with E-state index in [1.807, 2.05) is 0 Å². The first-order chi connectivity index (χ1) is 15.7. The molecule has 0 aliphatic carbocycles. The molecule has 0 bridgehead atoms. The topological polar surface area (TPSA) is 36.9 Å². The maximum atomic E-state index is 6.14. The Balaban J connectivity index is 4.87. The van der Waals surface area contributed by atoms with Gasteiger partial charge < -0.3 is 17.7 Å². The largest absolute Gasteiger partial charge is 0.679 e. The summed E-state index contributed by atoms with van der Waals surface area (Å²) in [6.07, 6.45) is 3.13. The van der Waals surface area contributed by atoms with Crippen LogP contribution in [0.2, 0.25) is 24.2 Å². The number of hydrogen-bond donors (Lipinski definition) is 0. The van der Waals surface area contributed by atoms with E-state index in [-0.39, 0.29) is 17.8 Å². The van der Waals surface area contributed by atoms with Crippen LogP contribution in [0.3, 0.4) is 0 Å². The first kappa shape index (κ1) is 36.2. The van der Waals surface area contributed by atoms with Crippen molar-refractivity contribution in [3.05, 3.63) is 0 Å². The predicted molar refractivity (Wildman–Crippen MR) is 152 cm³/mol. The highest BCUT2D eigenvalue weighted by atomic mass is 35.5. The summed E-state index contributed by atoms with van der Waals surface area (Å²) in [5.41, 5.74) is 0. The Morgan fingerprint density at radius 1 is 0.424 bits per heavy atom. The minimum atomic E-state index is -3.36. The molecule has 0 amide bonds. The molecule has 8 radical (unpaired) electrons. The van der Waals surface area contributed by atoms with E-state index in [1.165, 1.54) is 0 Å². The lowest BCUT2D eigenvalue weighted by molar-refractivity contribution is -0.0346. The normalized spacial score (nSPS) is 12.7. The maximum Gasteiger partial charge on any atom is 0.679 e. The fourth-order valence-corrected chi connectivity index (χ4v) is 9.13. The molecule has 0 aliphatic heterocycles. The highest BCUT2D eigenvalue weighted by Crippen LogP contribution is 2.18. The summed E-state index contributed by atoms with van der Waals surface area (Å²) in [6, 6.07) is 3.44. The predicted octanol–water partition coefficient (Wildman–Crippen LogP) is 6.58. The average molecular weight is 708 g/mol. The molecule has 0 rings (SSSR count). The standard InChI is InChI=1S/C16H28Cl8O4Si5/c17-13(18)29-9-1-5-25-33(26-6-2-10-30-14(19)20,27-7-3-11-31-15(21)22)28-8-4-12-32-16(23)24/h13-16H,1-12H2. The van der Waals surface area contributed by atoms with Gasteiger partial charge in [0.05, 0.1) is 55.9 Å². The van der Waals surface area contributed by atoms with E-state index in [0.29, 0.717) is 64.5 Å². The van der Waals surface area contributed by atoms with Crippen molar-refractivity contribution in [2.24, 2.45) is 0 Å². The van der Waals surface area contributed by atoms with Crippen LogP contribution in [0.5, 0.6) is 0 Å². The SMILES string of the molecule is ClC(Cl)[Si]CCCO[Si](OCCC[Si]C(Cl)Cl)(OCCC[Si]C(Cl)Cl)OCCC[Si]C(Cl)Cl. The molecule has 0 N–H and O–H groups in total. The van der Waals surface area contributed by atoms with Gasteiger partial charge in [-0.15, -0.1) is 92.8 Å². The molecule has 33 heavy (non-hydrogen) atoms. The summed E-state index contributed by atoms with van der Waals surface area (Å²) < 4.78 is 23.1. The third-order valence-corrected chi connectivity index (χ3v) is 13.3. The fourth-order valence-electron chi connectivity index (χ4n) is 2.17. The third kappa shape index (κ3) is 25.3. The van der Waals surface area contributed by atoms with Crippen LogP contribution in [-0.2, 0) is 17.7 Å². The molecule has 0 atom stereocenters. The Morgan fingerprint density at radius 2 is 0.636 bits per heavy atom. The lowest BCUT2D eigenvalue weighted by atomic mass is 10.5. The Bertz CT molecular complexity index is 370. The molecule has 0 aromatic rings. The van der Waals surface area contributed by atoms with Crippen LogP contribution in [0.4, 0.5) is 0 Å². The fraction of sp³-hybridized carbons (Fsp3) is 1.00. The number of hydrogen-bond acceptors (Lipinski definition) is 4. The second-order valence-corrected chi connectivity index (χ2v) is 21.7. The zero-order valence-corrected chi connectivity index (χ0v) is 29.0. The van der Waals surface area contributed by atoms with Crippen LogP contribution >= 0.6 is 92.8 Å². The lowest BCUT2D eigenvalue weighted by Crippen LogP contribution is -2.50. The average Bonchev–Trinajstić information content (AvgIpc) is 2.71. The van der Waals surface area contributed by atoms with Gasteiger partial charge in [-0.05, 0) is 25.7 Å². The van der Waals surface area contributed by atoms with E-state index >= 15 is 0 Å². The van der Waals surface area contributed by atoms with Gasteiger partial charge in [0.1, 0.15) is 0 Å². The van der Waals surface area contributed by atoms with Crippen LogP contribution in [0.1, 0.15) is 25.7 Å². The summed E-state index contributed by atoms with van der Waals surface area (Å²) in [6.45, 7) is 1.75. The van der Waals surface area contributed by atoms with Gasteiger partial charge in [0.2, 0.25) is 0 Å². The quantitative estimate of drug-likeness (QED) is 0.0646. The zero-order chi connectivity index (χ0) is 25.0. The van der Waals surface area contributed by atoms with Gasteiger partial charge in [-0.25, -0.2) is 0 Å². The van der Waals surface area contributed by atoms with Gasteiger partial charge in [0, 0.05) is 26.4 Å². The van der Waals surface area contributed by atoms with E-state index in [0.717, 1.165) is 49.9 Å². The Hall–Kier alpha value is 3.24. The Kier molecular flexibility index (Phi) is 26.7. The van der Waals surface area contributed by atoms with Crippen molar-refractivity contribution in [2.45, 2.75) is 67.7 Å². The molecule has 0 aliphatic rings. The van der Waals surface area contributed by atoms with Gasteiger partial charge in [-0.1, -0.05) is 24.2 Å². The molecule has 0 spiro atoms. The first-order valence-electron chi connectivity index (χ1n) is 10.3. The molecule has 0 saturated carbocycles. The van der Waals surface area contributed by atoms with Crippen LogP contribution in [0, 0.1) is 0 Å². The molecule has 0 fully saturated rings. The van der Waals surface area contributed by atoms with Crippen LogP contribution in [0.15, 0.2) is 0 Å². The highest BCUT2D eigenvalue weighted by Gasteiger charge is 2.45. The van der Waals surface area contributed by atoms with Gasteiger partial charge in [-0.3, -0.25) is 0 Å². The van der Waals surface area contributed by atoms with E-state index in [9.17, 15) is 0 Å². The van der Waals surface area contributed by atoms with Gasteiger partial charge in [-0.2, -0.15) is 0 Å². The number of halogens is 8. The van der Waals surface area contributed by atoms with Crippen molar-refractivity contribution >= 4 is 140 Å². The van der Waals surface area contributed by atoms with E-state index < -0.39 is 9.05 Å². The molecule has 0 aromatic carbocycles. The molecule has 0 unspecified atom stereocenters. The second-order valence-electron chi connectivity index (χ2n) is 6.33. The third-order valence-electron chi connectivity index (χ3n) is 3.59. The van der Waals surface area contributed by atoms with Crippen molar-refractivity contribution in [3.63, 3.8) is 0 Å². The molecular formula is C16H28Cl8O4Si5. The van der Waals surface area contributed by atoms with Crippen LogP contribution < -0.4 is 0 Å². The minimum Gasteiger partial charge on any atom is -0.351 e. The molecule has 0 aromatic heterocycles. The van der Waals surface area contributed by atoms with Gasteiger partial charge >= 0.3 is 9.05 Å². The number of rotatable bonds is 24. The van der Waals surface area contributed by atoms with E-state index in [1.54, 1.807) is 0 Å². The molecule has 192 valence electrons. The highest BCUT2D eigenvalue weighted by molar-refractivity contribution is 6.70. The zero-order valence-electron chi connectivity index (χ0n) is 18.0. The van der Waals surface area contributed by atoms with Gasteiger partial charge in [0.15, 0.2) is 0 Å². The van der Waals surface area contributed by atoms with Gasteiger partial charge in [0.25, 0.3) is 0 Å². The van der Waals surface area contributed by atoms with Crippen LogP contribution in [0.25, 0.3) is 0 Å². The van der Waals surface area contributed by atoms with Crippen molar-refractivity contribution in [2.75, 3.05) is 26.4 Å². The molecule has 0 heterocycles. The molecule has 4 nitrogen and oxygen atoms in total. The molecule has 17 heteroatoms. The van der Waals surface area contributed by atoms with Crippen molar-refractivity contribution in [1.29, 1.82) is 0 Å². The minimum absolute atomic E-state index is 0.355. The summed E-state index contributed by atoms with van der Waals surface area (Å²) >= 11 is 46.6. The first-order valence-corrected chi connectivity index (χ1v) is 20.5. The molecule has 0 saturated heterocycles. The Labute approximate surface area is 249 Å². The lowest BCUT2D eigenvalue weighted by Gasteiger charge is -2.28. The summed E-state index contributed by atoms with van der Waals surface area (Å²) in [5, 5.41) is 0. The van der Waals surface area contributed by atoms with E-state index in [2.05, 4.69) is 0 Å². The maximum absolute atomic E-state index is 6.14. The van der Waals surface area contributed by atoms with Crippen LogP contribution in [-0.4, -0.2) is 91.4 Å². The van der Waals surface area contributed by atoms with E-state index in [4.69, 9.17) is 111 Å². The van der Waals surface area contributed by atoms with Crippen molar-refractivity contribution in [1.82, 2.24) is 0 Å². The smallest absolute Gasteiger partial charge is 0.351 e. The monoisotopic (exact) mass is 704 g/mol. The summed E-state index contributed by atoms with van der Waals surface area (Å²) in [7, 11) is -1.56. The van der Waals surface area contributed by atoms with Crippen molar-refractivity contribution in [3.8, 4) is 0 Å². The van der Waals surface area contributed by atoms with Crippen molar-refractivity contribution < 1.29 is 17.7 Å². The Morgan fingerprint density at radius 3 is 0.818 bits per heavy atom.